The summed E-state index contributed by atoms with van der Waals surface area (Å²) in [5.41, 5.74) is 2.46. The van der Waals surface area contributed by atoms with E-state index in [0.29, 0.717) is 11.5 Å². The molecule has 5 nitrogen and oxygen atoms in total. The van der Waals surface area contributed by atoms with Crippen LogP contribution in [0.4, 0.5) is 11.5 Å². The van der Waals surface area contributed by atoms with E-state index in [2.05, 4.69) is 15.3 Å². The second-order valence-corrected chi connectivity index (χ2v) is 4.64. The molecule has 104 valence electrons. The van der Waals surface area contributed by atoms with Gasteiger partial charge in [0.2, 0.25) is 0 Å². The van der Waals surface area contributed by atoms with Gasteiger partial charge in [-0.2, -0.15) is 0 Å². The topological polar surface area (TPSA) is 75.1 Å². The number of fused-ring (bicyclic) bond motifs is 1. The van der Waals surface area contributed by atoms with Gasteiger partial charge in [-0.15, -0.1) is 0 Å². The number of hydrogen-bond donors (Lipinski definition) is 2. The van der Waals surface area contributed by atoms with Gasteiger partial charge in [-0.25, -0.2) is 9.78 Å². The van der Waals surface area contributed by atoms with E-state index < -0.39 is 5.97 Å². The number of aromatic nitrogens is 2. The zero-order valence-electron chi connectivity index (χ0n) is 11.4. The quantitative estimate of drug-likeness (QED) is 0.768. The maximum atomic E-state index is 11.0. The van der Waals surface area contributed by atoms with Gasteiger partial charge in [0.15, 0.2) is 0 Å². The van der Waals surface area contributed by atoms with Gasteiger partial charge in [-0.05, 0) is 43.3 Å². The summed E-state index contributed by atoms with van der Waals surface area (Å²) in [5, 5.41) is 13.2. The van der Waals surface area contributed by atoms with Crippen molar-refractivity contribution in [3.05, 3.63) is 59.9 Å². The van der Waals surface area contributed by atoms with Crippen molar-refractivity contribution >= 4 is 28.4 Å². The molecule has 0 atom stereocenters. The molecule has 21 heavy (non-hydrogen) atoms. The van der Waals surface area contributed by atoms with Crippen LogP contribution in [0.3, 0.4) is 0 Å². The smallest absolute Gasteiger partial charge is 0.337 e. The molecule has 0 saturated carbocycles. The predicted octanol–water partition coefficient (Wildman–Crippen LogP) is 3.38. The highest BCUT2D eigenvalue weighted by atomic mass is 16.4. The maximum absolute atomic E-state index is 11.0. The van der Waals surface area contributed by atoms with E-state index in [0.717, 1.165) is 16.6 Å². The highest BCUT2D eigenvalue weighted by molar-refractivity contribution is 5.93. The average molecular weight is 279 g/mol. The van der Waals surface area contributed by atoms with Crippen LogP contribution in [0.2, 0.25) is 0 Å². The number of rotatable bonds is 3. The van der Waals surface area contributed by atoms with Crippen molar-refractivity contribution in [2.24, 2.45) is 0 Å². The molecule has 3 aromatic rings. The third kappa shape index (κ3) is 2.53. The van der Waals surface area contributed by atoms with Crippen LogP contribution in [0.5, 0.6) is 0 Å². The summed E-state index contributed by atoms with van der Waals surface area (Å²) in [6.45, 7) is 1.68. The number of aromatic carboxylic acids is 1. The zero-order chi connectivity index (χ0) is 14.8. The molecular formula is C16H13N3O2. The fraction of sp³-hybridized carbons (Fsp3) is 0.0625. The molecule has 0 saturated heterocycles. The van der Waals surface area contributed by atoms with Crippen LogP contribution in [-0.4, -0.2) is 21.0 Å². The molecule has 0 aliphatic carbocycles. The number of anilines is 2. The molecule has 0 amide bonds. The molecule has 0 radical (unpaired) electrons. The molecular weight excluding hydrogens is 266 g/mol. The first-order valence-corrected chi connectivity index (χ1v) is 6.47. The first-order chi connectivity index (χ1) is 10.1. The summed E-state index contributed by atoms with van der Waals surface area (Å²) >= 11 is 0. The second kappa shape index (κ2) is 5.20. The lowest BCUT2D eigenvalue weighted by atomic mass is 10.1. The third-order valence-electron chi connectivity index (χ3n) is 3.22. The second-order valence-electron chi connectivity index (χ2n) is 4.64. The minimum absolute atomic E-state index is 0.208. The van der Waals surface area contributed by atoms with Gasteiger partial charge in [-0.1, -0.05) is 6.07 Å². The van der Waals surface area contributed by atoms with Crippen LogP contribution in [0.15, 0.2) is 48.7 Å². The molecule has 2 aromatic heterocycles. The van der Waals surface area contributed by atoms with Crippen molar-refractivity contribution in [3.63, 3.8) is 0 Å². The summed E-state index contributed by atoms with van der Waals surface area (Å²) in [4.78, 5) is 19.6. The molecule has 2 N–H and O–H groups in total. The standard InChI is InChI=1S/C16H13N3O2/c1-10-11(16(20)21)7-8-15(18-10)19-14-6-2-5-13-12(14)4-3-9-17-13/h2-9H,1H3,(H,18,19)(H,20,21). The van der Waals surface area contributed by atoms with Crippen molar-refractivity contribution in [3.8, 4) is 0 Å². The molecule has 5 heteroatoms. The fourth-order valence-corrected chi connectivity index (χ4v) is 2.21. The number of carboxylic acids is 1. The lowest BCUT2D eigenvalue weighted by Crippen LogP contribution is -2.03. The van der Waals surface area contributed by atoms with Crippen molar-refractivity contribution < 1.29 is 9.90 Å². The van der Waals surface area contributed by atoms with E-state index in [4.69, 9.17) is 5.11 Å². The summed E-state index contributed by atoms with van der Waals surface area (Å²) in [7, 11) is 0. The Balaban J connectivity index is 1.99. The van der Waals surface area contributed by atoms with Crippen molar-refractivity contribution in [2.45, 2.75) is 6.92 Å². The normalized spacial score (nSPS) is 10.5. The van der Waals surface area contributed by atoms with Crippen molar-refractivity contribution in [1.29, 1.82) is 0 Å². The van der Waals surface area contributed by atoms with E-state index in [9.17, 15) is 4.79 Å². The Bertz CT molecular complexity index is 825. The van der Waals surface area contributed by atoms with E-state index >= 15 is 0 Å². The summed E-state index contributed by atoms with van der Waals surface area (Å²) in [6.07, 6.45) is 1.75. The lowest BCUT2D eigenvalue weighted by molar-refractivity contribution is 0.0695. The highest BCUT2D eigenvalue weighted by Crippen LogP contribution is 2.24. The van der Waals surface area contributed by atoms with Gasteiger partial charge in [-0.3, -0.25) is 4.98 Å². The summed E-state index contributed by atoms with van der Waals surface area (Å²) < 4.78 is 0. The third-order valence-corrected chi connectivity index (χ3v) is 3.22. The van der Waals surface area contributed by atoms with Gasteiger partial charge < -0.3 is 10.4 Å². The number of nitrogens with zero attached hydrogens (tertiary/aromatic N) is 2. The van der Waals surface area contributed by atoms with Gasteiger partial charge in [0.05, 0.1) is 16.8 Å². The Morgan fingerprint density at radius 3 is 2.76 bits per heavy atom. The first-order valence-electron chi connectivity index (χ1n) is 6.47. The molecule has 0 spiro atoms. The number of pyridine rings is 2. The average Bonchev–Trinajstić information content (AvgIpc) is 2.47. The largest absolute Gasteiger partial charge is 0.478 e. The zero-order valence-corrected chi connectivity index (χ0v) is 11.4. The number of benzene rings is 1. The molecule has 0 aliphatic rings. The molecule has 3 rings (SSSR count). The minimum Gasteiger partial charge on any atom is -0.478 e. The fourth-order valence-electron chi connectivity index (χ4n) is 2.21. The predicted molar refractivity (Wildman–Crippen MR) is 81.0 cm³/mol. The van der Waals surface area contributed by atoms with Crippen molar-refractivity contribution in [1.82, 2.24) is 9.97 Å². The molecule has 0 fully saturated rings. The van der Waals surface area contributed by atoms with Gasteiger partial charge >= 0.3 is 5.97 Å². The lowest BCUT2D eigenvalue weighted by Gasteiger charge is -2.10. The Kier molecular flexibility index (Phi) is 3.23. The van der Waals surface area contributed by atoms with Gasteiger partial charge in [0.1, 0.15) is 5.82 Å². The van der Waals surface area contributed by atoms with E-state index in [1.54, 1.807) is 25.3 Å². The summed E-state index contributed by atoms with van der Waals surface area (Å²) in [6, 6.07) is 12.8. The number of hydrogen-bond acceptors (Lipinski definition) is 4. The van der Waals surface area contributed by atoms with E-state index in [1.165, 1.54) is 0 Å². The molecule has 0 aliphatic heterocycles. The maximum Gasteiger partial charge on any atom is 0.337 e. The van der Waals surface area contributed by atoms with E-state index in [1.807, 2.05) is 30.3 Å². The first kappa shape index (κ1) is 13.1. The number of carbonyl (C=O) groups is 1. The van der Waals surface area contributed by atoms with Crippen LogP contribution in [-0.2, 0) is 0 Å². The Hall–Kier alpha value is -2.95. The van der Waals surface area contributed by atoms with Crippen LogP contribution in [0, 0.1) is 6.92 Å². The van der Waals surface area contributed by atoms with Crippen molar-refractivity contribution in [2.75, 3.05) is 5.32 Å². The number of nitrogens with one attached hydrogen (secondary N) is 1. The van der Waals surface area contributed by atoms with Crippen LogP contribution < -0.4 is 5.32 Å². The molecule has 1 aromatic carbocycles. The van der Waals surface area contributed by atoms with Gasteiger partial charge in [0, 0.05) is 17.3 Å². The Morgan fingerprint density at radius 1 is 1.14 bits per heavy atom. The Labute approximate surface area is 121 Å². The van der Waals surface area contributed by atoms with Crippen LogP contribution in [0.25, 0.3) is 10.9 Å². The number of carboxylic acid groups (broad SMARTS) is 1. The Morgan fingerprint density at radius 2 is 2.00 bits per heavy atom. The molecule has 0 bridgehead atoms. The SMILES string of the molecule is Cc1nc(Nc2cccc3ncccc23)ccc1C(=O)O. The number of aryl methyl sites for hydroxylation is 1. The molecule has 0 unspecified atom stereocenters. The minimum atomic E-state index is -0.971. The highest BCUT2D eigenvalue weighted by Gasteiger charge is 2.09. The summed E-state index contributed by atoms with van der Waals surface area (Å²) in [5.74, 6) is -0.366. The molecule has 2 heterocycles. The van der Waals surface area contributed by atoms with Crippen LogP contribution in [0.1, 0.15) is 16.1 Å². The monoisotopic (exact) mass is 279 g/mol. The van der Waals surface area contributed by atoms with Crippen LogP contribution >= 0.6 is 0 Å². The van der Waals surface area contributed by atoms with E-state index in [-0.39, 0.29) is 5.56 Å². The van der Waals surface area contributed by atoms with Gasteiger partial charge in [0.25, 0.3) is 0 Å².